The van der Waals surface area contributed by atoms with E-state index >= 15 is 0 Å². The molecule has 0 atom stereocenters. The van der Waals surface area contributed by atoms with Gasteiger partial charge in [0.25, 0.3) is 0 Å². The summed E-state index contributed by atoms with van der Waals surface area (Å²) in [7, 11) is 1.81. The van der Waals surface area contributed by atoms with E-state index in [9.17, 15) is 0 Å². The van der Waals surface area contributed by atoms with Gasteiger partial charge in [-0.1, -0.05) is 35.0 Å². The van der Waals surface area contributed by atoms with Gasteiger partial charge in [-0.15, -0.1) is 0 Å². The highest BCUT2D eigenvalue weighted by Crippen LogP contribution is 2.34. The molecular formula is C11H9Cl2N3S. The third-order valence-electron chi connectivity index (χ3n) is 2.01. The van der Waals surface area contributed by atoms with Crippen LogP contribution in [0, 0.1) is 0 Å². The minimum atomic E-state index is 0.653. The Balaban J connectivity index is 2.27. The van der Waals surface area contributed by atoms with Crippen molar-refractivity contribution >= 4 is 40.8 Å². The molecule has 17 heavy (non-hydrogen) atoms. The van der Waals surface area contributed by atoms with Crippen molar-refractivity contribution in [3.63, 3.8) is 0 Å². The molecule has 0 saturated carbocycles. The van der Waals surface area contributed by atoms with Crippen molar-refractivity contribution in [1.82, 2.24) is 9.97 Å². The zero-order valence-corrected chi connectivity index (χ0v) is 11.3. The number of benzene rings is 1. The Hall–Kier alpha value is -0.970. The monoisotopic (exact) mass is 285 g/mol. The third-order valence-corrected chi connectivity index (χ3v) is 3.67. The molecule has 1 N–H and O–H groups in total. The Bertz CT molecular complexity index is 534. The first-order valence-corrected chi connectivity index (χ1v) is 6.39. The molecule has 0 saturated heterocycles. The minimum absolute atomic E-state index is 0.653. The van der Waals surface area contributed by atoms with Crippen LogP contribution in [0.15, 0.2) is 40.5 Å². The first-order valence-electron chi connectivity index (χ1n) is 4.82. The van der Waals surface area contributed by atoms with Crippen molar-refractivity contribution < 1.29 is 0 Å². The van der Waals surface area contributed by atoms with Crippen molar-refractivity contribution in [3.8, 4) is 0 Å². The summed E-state index contributed by atoms with van der Waals surface area (Å²) >= 11 is 13.5. The average molecular weight is 286 g/mol. The standard InChI is InChI=1S/C11H9Cl2N3S/c1-14-10-5-11(16-6-15-10)17-9-4-7(12)2-3-8(9)13/h2-6H,1H3,(H,14,15,16). The number of anilines is 1. The largest absolute Gasteiger partial charge is 0.373 e. The van der Waals surface area contributed by atoms with Crippen molar-refractivity contribution in [3.05, 3.63) is 40.6 Å². The summed E-state index contributed by atoms with van der Waals surface area (Å²) < 4.78 is 0. The van der Waals surface area contributed by atoms with Crippen molar-refractivity contribution in [2.45, 2.75) is 9.92 Å². The molecule has 0 aliphatic carbocycles. The van der Waals surface area contributed by atoms with Gasteiger partial charge >= 0.3 is 0 Å². The fourth-order valence-corrected chi connectivity index (χ4v) is 2.52. The molecule has 0 unspecified atom stereocenters. The van der Waals surface area contributed by atoms with Crippen molar-refractivity contribution in [1.29, 1.82) is 0 Å². The maximum absolute atomic E-state index is 6.08. The fraction of sp³-hybridized carbons (Fsp3) is 0.0909. The van der Waals surface area contributed by atoms with E-state index in [0.29, 0.717) is 10.0 Å². The fourth-order valence-electron chi connectivity index (χ4n) is 1.20. The predicted octanol–water partition coefficient (Wildman–Crippen LogP) is 3.98. The lowest BCUT2D eigenvalue weighted by Crippen LogP contribution is -1.93. The van der Waals surface area contributed by atoms with E-state index in [4.69, 9.17) is 23.2 Å². The van der Waals surface area contributed by atoms with Crippen molar-refractivity contribution in [2.24, 2.45) is 0 Å². The highest BCUT2D eigenvalue weighted by Gasteiger charge is 2.05. The molecular weight excluding hydrogens is 277 g/mol. The maximum atomic E-state index is 6.08. The second-order valence-electron chi connectivity index (χ2n) is 3.17. The Morgan fingerprint density at radius 1 is 1.18 bits per heavy atom. The third kappa shape index (κ3) is 3.25. The molecule has 1 aromatic heterocycles. The van der Waals surface area contributed by atoms with Gasteiger partial charge in [0.05, 0.1) is 5.02 Å². The van der Waals surface area contributed by atoms with Gasteiger partial charge in [-0.25, -0.2) is 9.97 Å². The second-order valence-corrected chi connectivity index (χ2v) is 5.07. The lowest BCUT2D eigenvalue weighted by atomic mass is 10.4. The Morgan fingerprint density at radius 2 is 2.00 bits per heavy atom. The number of aromatic nitrogens is 2. The van der Waals surface area contributed by atoms with Crippen LogP contribution in [0.4, 0.5) is 5.82 Å². The van der Waals surface area contributed by atoms with E-state index in [1.54, 1.807) is 12.1 Å². The first-order chi connectivity index (χ1) is 8.19. The van der Waals surface area contributed by atoms with Crippen molar-refractivity contribution in [2.75, 3.05) is 12.4 Å². The number of nitrogens with one attached hydrogen (secondary N) is 1. The predicted molar refractivity (Wildman–Crippen MR) is 72.2 cm³/mol. The van der Waals surface area contributed by atoms with Gasteiger partial charge in [-0.05, 0) is 18.2 Å². The van der Waals surface area contributed by atoms with Gasteiger partial charge in [0, 0.05) is 23.0 Å². The first kappa shape index (κ1) is 12.5. The van der Waals surface area contributed by atoms with Crippen LogP contribution in [0.25, 0.3) is 0 Å². The number of hydrogen-bond donors (Lipinski definition) is 1. The highest BCUT2D eigenvalue weighted by atomic mass is 35.5. The Labute approximate surface area is 114 Å². The molecule has 0 fully saturated rings. The van der Waals surface area contributed by atoms with Gasteiger partial charge in [0.15, 0.2) is 0 Å². The summed E-state index contributed by atoms with van der Waals surface area (Å²) in [6, 6.07) is 7.19. The molecule has 2 aromatic rings. The number of halogens is 2. The average Bonchev–Trinajstić information content (AvgIpc) is 2.34. The summed E-state index contributed by atoms with van der Waals surface area (Å²) in [4.78, 5) is 9.08. The summed E-state index contributed by atoms with van der Waals surface area (Å²) in [5.41, 5.74) is 0. The molecule has 1 heterocycles. The SMILES string of the molecule is CNc1cc(Sc2cc(Cl)ccc2Cl)ncn1. The van der Waals surface area contributed by atoms with Crippen LogP contribution in [0.2, 0.25) is 10.0 Å². The molecule has 0 spiro atoms. The van der Waals surface area contributed by atoms with Gasteiger partial charge in [-0.3, -0.25) is 0 Å². The Kier molecular flexibility index (Phi) is 4.10. The van der Waals surface area contributed by atoms with E-state index in [1.165, 1.54) is 18.1 Å². The number of rotatable bonds is 3. The van der Waals surface area contributed by atoms with Gasteiger partial charge in [0.1, 0.15) is 17.2 Å². The van der Waals surface area contributed by atoms with Crippen LogP contribution in [0.1, 0.15) is 0 Å². The van der Waals surface area contributed by atoms with E-state index in [0.717, 1.165) is 15.7 Å². The lowest BCUT2D eigenvalue weighted by molar-refractivity contribution is 1.05. The summed E-state index contributed by atoms with van der Waals surface area (Å²) in [5, 5.41) is 5.08. The normalized spacial score (nSPS) is 10.3. The number of nitrogens with zero attached hydrogens (tertiary/aromatic N) is 2. The molecule has 0 radical (unpaired) electrons. The minimum Gasteiger partial charge on any atom is -0.373 e. The molecule has 3 nitrogen and oxygen atoms in total. The van der Waals surface area contributed by atoms with E-state index < -0.39 is 0 Å². The molecule has 1 aromatic carbocycles. The number of hydrogen-bond acceptors (Lipinski definition) is 4. The van der Waals surface area contributed by atoms with Gasteiger partial charge in [0.2, 0.25) is 0 Å². The molecule has 2 rings (SSSR count). The lowest BCUT2D eigenvalue weighted by Gasteiger charge is -2.05. The van der Waals surface area contributed by atoms with Gasteiger partial charge < -0.3 is 5.32 Å². The van der Waals surface area contributed by atoms with Gasteiger partial charge in [-0.2, -0.15) is 0 Å². The van der Waals surface area contributed by atoms with Crippen LogP contribution in [-0.4, -0.2) is 17.0 Å². The topological polar surface area (TPSA) is 37.8 Å². The van der Waals surface area contributed by atoms with E-state index in [1.807, 2.05) is 19.2 Å². The van der Waals surface area contributed by atoms with Crippen LogP contribution in [0.3, 0.4) is 0 Å². The van der Waals surface area contributed by atoms with Crippen LogP contribution < -0.4 is 5.32 Å². The van der Waals surface area contributed by atoms with Crippen LogP contribution >= 0.6 is 35.0 Å². The molecule has 6 heteroatoms. The zero-order valence-electron chi connectivity index (χ0n) is 8.95. The quantitative estimate of drug-likeness (QED) is 0.866. The van der Waals surface area contributed by atoms with E-state index in [2.05, 4.69) is 15.3 Å². The molecule has 0 aliphatic heterocycles. The Morgan fingerprint density at radius 3 is 2.76 bits per heavy atom. The summed E-state index contributed by atoms with van der Waals surface area (Å²) in [6.45, 7) is 0. The van der Waals surface area contributed by atoms with Crippen LogP contribution in [-0.2, 0) is 0 Å². The molecule has 88 valence electrons. The summed E-state index contributed by atoms with van der Waals surface area (Å²) in [5.74, 6) is 0.764. The molecule has 0 aliphatic rings. The maximum Gasteiger partial charge on any atom is 0.130 e. The zero-order chi connectivity index (χ0) is 12.3. The van der Waals surface area contributed by atoms with E-state index in [-0.39, 0.29) is 0 Å². The second kappa shape index (κ2) is 5.58. The molecule has 0 amide bonds. The van der Waals surface area contributed by atoms with Crippen LogP contribution in [0.5, 0.6) is 0 Å². The summed E-state index contributed by atoms with van der Waals surface area (Å²) in [6.07, 6.45) is 1.51. The molecule has 0 bridgehead atoms. The highest BCUT2D eigenvalue weighted by molar-refractivity contribution is 7.99. The smallest absolute Gasteiger partial charge is 0.130 e.